The van der Waals surface area contributed by atoms with Gasteiger partial charge in [0.25, 0.3) is 0 Å². The van der Waals surface area contributed by atoms with Crippen LogP contribution in [0.5, 0.6) is 0 Å². The van der Waals surface area contributed by atoms with E-state index in [2.05, 4.69) is 13.0 Å². The van der Waals surface area contributed by atoms with Crippen LogP contribution in [0, 0.1) is 0 Å². The second kappa shape index (κ2) is 10.5. The van der Waals surface area contributed by atoms with Gasteiger partial charge in [-0.1, -0.05) is 57.3 Å². The number of carbonyl (C=O) groups is 1. The van der Waals surface area contributed by atoms with E-state index in [1.54, 1.807) is 13.0 Å². The van der Waals surface area contributed by atoms with Crippen molar-refractivity contribution in [3.05, 3.63) is 23.8 Å². The molecule has 0 atom stereocenters. The van der Waals surface area contributed by atoms with Crippen LogP contribution >= 0.6 is 0 Å². The van der Waals surface area contributed by atoms with E-state index in [-0.39, 0.29) is 5.91 Å². The third-order valence-corrected chi connectivity index (χ3v) is 2.60. The zero-order valence-corrected chi connectivity index (χ0v) is 10.7. The quantitative estimate of drug-likeness (QED) is 0.361. The molecule has 0 fully saturated rings. The highest BCUT2D eigenvalue weighted by atomic mass is 16.1. The van der Waals surface area contributed by atoms with Gasteiger partial charge >= 0.3 is 0 Å². The minimum Gasteiger partial charge on any atom is -0.366 e. The van der Waals surface area contributed by atoms with E-state index in [1.165, 1.54) is 38.5 Å². The molecule has 0 aliphatic heterocycles. The summed E-state index contributed by atoms with van der Waals surface area (Å²) in [5.74, 6) is -0.343. The highest BCUT2D eigenvalue weighted by molar-refractivity contribution is 5.91. The van der Waals surface area contributed by atoms with Crippen LogP contribution in [0.4, 0.5) is 0 Å². The zero-order chi connectivity index (χ0) is 12.2. The fourth-order valence-electron chi connectivity index (χ4n) is 1.43. The number of allylic oxidation sites excluding steroid dienone is 3. The highest BCUT2D eigenvalue weighted by Crippen LogP contribution is 2.07. The number of unbranched alkanes of at least 4 members (excludes halogenated alkanes) is 6. The van der Waals surface area contributed by atoms with E-state index >= 15 is 0 Å². The molecule has 0 aromatic carbocycles. The summed E-state index contributed by atoms with van der Waals surface area (Å²) < 4.78 is 0. The Balaban J connectivity index is 3.41. The Hall–Kier alpha value is -1.05. The molecular formula is C14H25NO. The molecule has 0 unspecified atom stereocenters. The first-order valence-electron chi connectivity index (χ1n) is 6.31. The number of hydrogen-bond donors (Lipinski definition) is 1. The van der Waals surface area contributed by atoms with Crippen molar-refractivity contribution in [2.75, 3.05) is 0 Å². The van der Waals surface area contributed by atoms with Crippen LogP contribution in [0.2, 0.25) is 0 Å². The fourth-order valence-corrected chi connectivity index (χ4v) is 1.43. The van der Waals surface area contributed by atoms with Crippen molar-refractivity contribution >= 4 is 5.91 Å². The third kappa shape index (κ3) is 9.50. The van der Waals surface area contributed by atoms with Crippen LogP contribution in [0.3, 0.4) is 0 Å². The largest absolute Gasteiger partial charge is 0.366 e. The van der Waals surface area contributed by atoms with Gasteiger partial charge in [0, 0.05) is 5.57 Å². The molecule has 0 rings (SSSR count). The lowest BCUT2D eigenvalue weighted by Gasteiger charge is -1.97. The van der Waals surface area contributed by atoms with E-state index in [0.29, 0.717) is 5.57 Å². The SMILES string of the molecule is CCCCCCCCC=CC=C(C)C(N)=O. The van der Waals surface area contributed by atoms with Gasteiger partial charge in [0.1, 0.15) is 0 Å². The lowest BCUT2D eigenvalue weighted by Crippen LogP contribution is -2.11. The number of rotatable bonds is 9. The van der Waals surface area contributed by atoms with Gasteiger partial charge in [-0.15, -0.1) is 0 Å². The summed E-state index contributed by atoms with van der Waals surface area (Å²) in [6.07, 6.45) is 14.8. The number of amides is 1. The lowest BCUT2D eigenvalue weighted by atomic mass is 10.1. The van der Waals surface area contributed by atoms with Crippen LogP contribution in [0.15, 0.2) is 23.8 Å². The summed E-state index contributed by atoms with van der Waals surface area (Å²) in [6.45, 7) is 3.97. The van der Waals surface area contributed by atoms with Gasteiger partial charge in [-0.25, -0.2) is 0 Å². The van der Waals surface area contributed by atoms with Gasteiger partial charge in [-0.05, 0) is 19.8 Å². The molecule has 0 spiro atoms. The van der Waals surface area contributed by atoms with Gasteiger partial charge in [0.2, 0.25) is 5.91 Å². The van der Waals surface area contributed by atoms with Gasteiger partial charge in [-0.2, -0.15) is 0 Å². The van der Waals surface area contributed by atoms with E-state index in [9.17, 15) is 4.79 Å². The average molecular weight is 223 g/mol. The molecule has 0 saturated heterocycles. The normalized spacial score (nSPS) is 12.2. The van der Waals surface area contributed by atoms with Crippen LogP contribution in [0.25, 0.3) is 0 Å². The molecule has 0 saturated carbocycles. The Morgan fingerprint density at radius 2 is 1.75 bits per heavy atom. The van der Waals surface area contributed by atoms with Crippen molar-refractivity contribution in [1.82, 2.24) is 0 Å². The lowest BCUT2D eigenvalue weighted by molar-refractivity contribution is -0.114. The molecule has 2 nitrogen and oxygen atoms in total. The second-order valence-electron chi connectivity index (χ2n) is 4.20. The first-order chi connectivity index (χ1) is 7.68. The molecule has 2 N–H and O–H groups in total. The molecule has 92 valence electrons. The summed E-state index contributed by atoms with van der Waals surface area (Å²) in [4.78, 5) is 10.7. The van der Waals surface area contributed by atoms with Crippen molar-refractivity contribution in [2.24, 2.45) is 5.73 Å². The first-order valence-corrected chi connectivity index (χ1v) is 6.31. The van der Waals surface area contributed by atoms with Crippen molar-refractivity contribution in [1.29, 1.82) is 0 Å². The molecule has 0 bridgehead atoms. The summed E-state index contributed by atoms with van der Waals surface area (Å²) in [6, 6.07) is 0. The monoisotopic (exact) mass is 223 g/mol. The second-order valence-corrected chi connectivity index (χ2v) is 4.20. The summed E-state index contributed by atoms with van der Waals surface area (Å²) in [7, 11) is 0. The van der Waals surface area contributed by atoms with E-state index in [1.807, 2.05) is 6.08 Å². The van der Waals surface area contributed by atoms with Crippen molar-refractivity contribution in [2.45, 2.75) is 58.8 Å². The molecule has 0 aromatic rings. The minimum atomic E-state index is -0.343. The van der Waals surface area contributed by atoms with Crippen LogP contribution in [-0.4, -0.2) is 5.91 Å². The maximum absolute atomic E-state index is 10.7. The predicted octanol–water partition coefficient (Wildman–Crippen LogP) is 3.72. The van der Waals surface area contributed by atoms with Crippen LogP contribution in [-0.2, 0) is 4.79 Å². The molecule has 0 aromatic heterocycles. The fraction of sp³-hybridized carbons (Fsp3) is 0.643. The molecule has 2 heteroatoms. The Morgan fingerprint density at radius 3 is 2.38 bits per heavy atom. The van der Waals surface area contributed by atoms with Crippen molar-refractivity contribution in [3.63, 3.8) is 0 Å². The zero-order valence-electron chi connectivity index (χ0n) is 10.7. The molecule has 0 aliphatic rings. The summed E-state index contributed by atoms with van der Waals surface area (Å²) >= 11 is 0. The Bertz CT molecular complexity index is 241. The van der Waals surface area contributed by atoms with Gasteiger partial charge in [0.15, 0.2) is 0 Å². The standard InChI is InChI=1S/C14H25NO/c1-3-4-5-6-7-8-9-10-11-12-13(2)14(15)16/h10-12H,3-9H2,1-2H3,(H2,15,16). The molecule has 16 heavy (non-hydrogen) atoms. The van der Waals surface area contributed by atoms with E-state index in [4.69, 9.17) is 5.73 Å². The van der Waals surface area contributed by atoms with Crippen molar-refractivity contribution in [3.8, 4) is 0 Å². The Kier molecular flexibility index (Phi) is 9.78. The Morgan fingerprint density at radius 1 is 1.12 bits per heavy atom. The number of carbonyl (C=O) groups excluding carboxylic acids is 1. The Labute approximate surface area is 99.6 Å². The van der Waals surface area contributed by atoms with Crippen LogP contribution in [0.1, 0.15) is 58.8 Å². The number of hydrogen-bond acceptors (Lipinski definition) is 1. The third-order valence-electron chi connectivity index (χ3n) is 2.60. The maximum atomic E-state index is 10.7. The van der Waals surface area contributed by atoms with Gasteiger partial charge in [-0.3, -0.25) is 4.79 Å². The highest BCUT2D eigenvalue weighted by Gasteiger charge is 1.92. The molecular weight excluding hydrogens is 198 g/mol. The molecule has 0 aliphatic carbocycles. The first kappa shape index (κ1) is 14.9. The van der Waals surface area contributed by atoms with E-state index < -0.39 is 0 Å². The number of primary amides is 1. The topological polar surface area (TPSA) is 43.1 Å². The van der Waals surface area contributed by atoms with Gasteiger partial charge < -0.3 is 5.73 Å². The smallest absolute Gasteiger partial charge is 0.244 e. The molecule has 0 radical (unpaired) electrons. The number of nitrogens with two attached hydrogens (primary N) is 1. The van der Waals surface area contributed by atoms with Gasteiger partial charge in [0.05, 0.1) is 0 Å². The maximum Gasteiger partial charge on any atom is 0.244 e. The summed E-state index contributed by atoms with van der Waals surface area (Å²) in [5, 5.41) is 0. The predicted molar refractivity (Wildman–Crippen MR) is 70.1 cm³/mol. The summed E-state index contributed by atoms with van der Waals surface area (Å²) in [5.41, 5.74) is 5.71. The molecule has 0 heterocycles. The minimum absolute atomic E-state index is 0.343. The van der Waals surface area contributed by atoms with E-state index in [0.717, 1.165) is 6.42 Å². The van der Waals surface area contributed by atoms with Crippen molar-refractivity contribution < 1.29 is 4.79 Å². The molecule has 1 amide bonds. The van der Waals surface area contributed by atoms with Crippen LogP contribution < -0.4 is 5.73 Å². The average Bonchev–Trinajstić information content (AvgIpc) is 2.26.